The van der Waals surface area contributed by atoms with E-state index in [-0.39, 0.29) is 29.9 Å². The Morgan fingerprint density at radius 2 is 2.09 bits per heavy atom. The molecule has 6 nitrogen and oxygen atoms in total. The van der Waals surface area contributed by atoms with Gasteiger partial charge in [0.2, 0.25) is 5.91 Å². The summed E-state index contributed by atoms with van der Waals surface area (Å²) in [7, 11) is -2.97. The third-order valence-corrected chi connectivity index (χ3v) is 5.64. The van der Waals surface area contributed by atoms with Crippen molar-refractivity contribution in [1.82, 2.24) is 10.6 Å². The lowest BCUT2D eigenvalue weighted by molar-refractivity contribution is -0.121. The van der Waals surface area contributed by atoms with Crippen LogP contribution in [-0.4, -0.2) is 43.5 Å². The van der Waals surface area contributed by atoms with E-state index in [1.165, 1.54) is 0 Å². The number of carbonyl (C=O) groups is 1. The van der Waals surface area contributed by atoms with E-state index in [2.05, 4.69) is 16.0 Å². The highest BCUT2D eigenvalue weighted by Gasteiger charge is 2.28. The first-order chi connectivity index (χ1) is 10.9. The van der Waals surface area contributed by atoms with Crippen molar-refractivity contribution >= 4 is 38.8 Å². The first-order valence-electron chi connectivity index (χ1n) is 7.46. The highest BCUT2D eigenvalue weighted by molar-refractivity contribution is 7.91. The minimum Gasteiger partial charge on any atom is -0.362 e. The zero-order valence-corrected chi connectivity index (χ0v) is 14.6. The van der Waals surface area contributed by atoms with E-state index in [1.54, 1.807) is 0 Å². The predicted octanol–water partition coefficient (Wildman–Crippen LogP) is 0.975. The average Bonchev–Trinajstić information content (AvgIpc) is 2.80. The maximum absolute atomic E-state index is 11.8. The standard InChI is InChI=1S/C15H21N3O3S2/c1-11-4-2-3-5-13(11)18-15(22)16-8-6-14(19)17-12-7-9-23(20,21)10-12/h2-5,12H,6-10H2,1H3,(H,17,19)(H2,16,18,22). The van der Waals surface area contributed by atoms with Gasteiger partial charge in [-0.05, 0) is 37.2 Å². The Hall–Kier alpha value is -1.67. The number of aryl methyl sites for hydroxylation is 1. The SMILES string of the molecule is Cc1ccccc1NC(=S)NCCC(=O)NC1CCS(=O)(=O)C1. The van der Waals surface area contributed by atoms with Gasteiger partial charge in [-0.1, -0.05) is 18.2 Å². The van der Waals surface area contributed by atoms with Crippen molar-refractivity contribution in [2.75, 3.05) is 23.4 Å². The number of hydrogen-bond acceptors (Lipinski definition) is 4. The number of rotatable bonds is 5. The van der Waals surface area contributed by atoms with Crippen molar-refractivity contribution in [3.05, 3.63) is 29.8 Å². The molecule has 23 heavy (non-hydrogen) atoms. The van der Waals surface area contributed by atoms with Crippen LogP contribution in [0.2, 0.25) is 0 Å². The normalized spacial score (nSPS) is 19.1. The smallest absolute Gasteiger partial charge is 0.222 e. The molecule has 1 amide bonds. The molecule has 1 saturated heterocycles. The number of amides is 1. The molecule has 1 aromatic rings. The molecule has 0 bridgehead atoms. The van der Waals surface area contributed by atoms with E-state index < -0.39 is 9.84 Å². The van der Waals surface area contributed by atoms with Crippen molar-refractivity contribution < 1.29 is 13.2 Å². The van der Waals surface area contributed by atoms with E-state index in [4.69, 9.17) is 12.2 Å². The lowest BCUT2D eigenvalue weighted by Crippen LogP contribution is -2.38. The van der Waals surface area contributed by atoms with Gasteiger partial charge in [0.25, 0.3) is 0 Å². The maximum Gasteiger partial charge on any atom is 0.222 e. The second-order valence-electron chi connectivity index (χ2n) is 5.61. The van der Waals surface area contributed by atoms with Gasteiger partial charge in [0.05, 0.1) is 11.5 Å². The van der Waals surface area contributed by atoms with Crippen LogP contribution in [0.4, 0.5) is 5.69 Å². The van der Waals surface area contributed by atoms with Gasteiger partial charge in [0, 0.05) is 24.7 Å². The van der Waals surface area contributed by atoms with Gasteiger partial charge >= 0.3 is 0 Å². The number of sulfone groups is 1. The summed E-state index contributed by atoms with van der Waals surface area (Å²) >= 11 is 5.19. The Labute approximate surface area is 142 Å². The Morgan fingerprint density at radius 1 is 1.35 bits per heavy atom. The van der Waals surface area contributed by atoms with E-state index in [1.807, 2.05) is 31.2 Å². The van der Waals surface area contributed by atoms with Gasteiger partial charge in [-0.2, -0.15) is 0 Å². The summed E-state index contributed by atoms with van der Waals surface area (Å²) in [6, 6.07) is 7.51. The molecule has 8 heteroatoms. The highest BCUT2D eigenvalue weighted by atomic mass is 32.2. The molecule has 1 atom stereocenters. The summed E-state index contributed by atoms with van der Waals surface area (Å²) in [5.41, 5.74) is 2.00. The molecule has 1 aliphatic heterocycles. The Morgan fingerprint density at radius 3 is 2.74 bits per heavy atom. The first-order valence-corrected chi connectivity index (χ1v) is 9.69. The van der Waals surface area contributed by atoms with Gasteiger partial charge in [0.15, 0.2) is 14.9 Å². The number of para-hydroxylation sites is 1. The second kappa shape index (κ2) is 7.74. The van der Waals surface area contributed by atoms with Crippen molar-refractivity contribution in [3.63, 3.8) is 0 Å². The monoisotopic (exact) mass is 355 g/mol. The molecule has 1 fully saturated rings. The van der Waals surface area contributed by atoms with Gasteiger partial charge in [0.1, 0.15) is 0 Å². The molecule has 3 N–H and O–H groups in total. The van der Waals surface area contributed by atoms with E-state index in [9.17, 15) is 13.2 Å². The van der Waals surface area contributed by atoms with Crippen LogP contribution >= 0.6 is 12.2 Å². The number of hydrogen-bond donors (Lipinski definition) is 3. The zero-order valence-electron chi connectivity index (χ0n) is 13.0. The van der Waals surface area contributed by atoms with Crippen LogP contribution in [0.3, 0.4) is 0 Å². The van der Waals surface area contributed by atoms with Crippen molar-refractivity contribution in [1.29, 1.82) is 0 Å². The second-order valence-corrected chi connectivity index (χ2v) is 8.25. The summed E-state index contributed by atoms with van der Waals surface area (Å²) in [5.74, 6) is 0.0262. The lowest BCUT2D eigenvalue weighted by atomic mass is 10.2. The minimum atomic E-state index is -2.97. The zero-order chi connectivity index (χ0) is 16.9. The van der Waals surface area contributed by atoms with Crippen molar-refractivity contribution in [2.24, 2.45) is 0 Å². The van der Waals surface area contributed by atoms with E-state index in [0.717, 1.165) is 11.3 Å². The van der Waals surface area contributed by atoms with Gasteiger partial charge in [-0.3, -0.25) is 4.79 Å². The van der Waals surface area contributed by atoms with Crippen LogP contribution in [0.1, 0.15) is 18.4 Å². The third kappa shape index (κ3) is 5.80. The summed E-state index contributed by atoms with van der Waals surface area (Å²) < 4.78 is 22.7. The summed E-state index contributed by atoms with van der Waals surface area (Å²) in [6.45, 7) is 2.37. The number of carbonyl (C=O) groups excluding carboxylic acids is 1. The largest absolute Gasteiger partial charge is 0.362 e. The van der Waals surface area contributed by atoms with Crippen molar-refractivity contribution in [2.45, 2.75) is 25.8 Å². The Balaban J connectivity index is 1.67. The lowest BCUT2D eigenvalue weighted by Gasteiger charge is -2.13. The number of anilines is 1. The number of thiocarbonyl (C=S) groups is 1. The summed E-state index contributed by atoms with van der Waals surface area (Å²) in [6.07, 6.45) is 0.737. The van der Waals surface area contributed by atoms with Crippen LogP contribution in [0.5, 0.6) is 0 Å². The molecule has 1 aliphatic rings. The molecule has 1 heterocycles. The fourth-order valence-electron chi connectivity index (χ4n) is 2.38. The molecule has 0 radical (unpaired) electrons. The topological polar surface area (TPSA) is 87.3 Å². The fourth-order valence-corrected chi connectivity index (χ4v) is 4.26. The van der Waals surface area contributed by atoms with Crippen LogP contribution in [0.15, 0.2) is 24.3 Å². The number of benzene rings is 1. The molecule has 1 aromatic carbocycles. The van der Waals surface area contributed by atoms with Crippen LogP contribution in [0, 0.1) is 6.92 Å². The highest BCUT2D eigenvalue weighted by Crippen LogP contribution is 2.13. The summed E-state index contributed by atoms with van der Waals surface area (Å²) in [5, 5.41) is 9.25. The molecule has 0 aliphatic carbocycles. The third-order valence-electron chi connectivity index (χ3n) is 3.63. The van der Waals surface area contributed by atoms with Gasteiger partial charge < -0.3 is 16.0 Å². The van der Waals surface area contributed by atoms with Crippen molar-refractivity contribution in [3.8, 4) is 0 Å². The molecule has 0 saturated carbocycles. The average molecular weight is 355 g/mol. The number of nitrogens with one attached hydrogen (secondary N) is 3. The molecule has 126 valence electrons. The molecule has 2 rings (SSSR count). The summed E-state index contributed by atoms with van der Waals surface area (Å²) in [4.78, 5) is 11.8. The first kappa shape index (κ1) is 17.7. The van der Waals surface area contributed by atoms with E-state index in [0.29, 0.717) is 18.1 Å². The van der Waals surface area contributed by atoms with Crippen LogP contribution in [0.25, 0.3) is 0 Å². The molecule has 0 aromatic heterocycles. The predicted molar refractivity (Wildman–Crippen MR) is 95.2 cm³/mol. The Kier molecular flexibility index (Phi) is 5.95. The van der Waals surface area contributed by atoms with Gasteiger partial charge in [-0.15, -0.1) is 0 Å². The van der Waals surface area contributed by atoms with Crippen LogP contribution < -0.4 is 16.0 Å². The molecular formula is C15H21N3O3S2. The fraction of sp³-hybridized carbons (Fsp3) is 0.467. The molecule has 0 spiro atoms. The quantitative estimate of drug-likeness (QED) is 0.683. The van der Waals surface area contributed by atoms with Gasteiger partial charge in [-0.25, -0.2) is 8.42 Å². The molecular weight excluding hydrogens is 334 g/mol. The molecule has 1 unspecified atom stereocenters. The van der Waals surface area contributed by atoms with E-state index >= 15 is 0 Å². The maximum atomic E-state index is 11.8. The Bertz CT molecular complexity index is 689. The minimum absolute atomic E-state index is 0.0411. The van der Waals surface area contributed by atoms with Crippen LogP contribution in [-0.2, 0) is 14.6 Å².